The lowest BCUT2D eigenvalue weighted by molar-refractivity contribution is -0.155. The first kappa shape index (κ1) is 22.7. The summed E-state index contributed by atoms with van der Waals surface area (Å²) >= 11 is 0. The van der Waals surface area contributed by atoms with Crippen molar-refractivity contribution in [3.63, 3.8) is 0 Å². The minimum absolute atomic E-state index is 0.0309. The van der Waals surface area contributed by atoms with Gasteiger partial charge < -0.3 is 20.4 Å². The highest BCUT2D eigenvalue weighted by molar-refractivity contribution is 5.88. The highest BCUT2D eigenvalue weighted by Gasteiger charge is 2.36. The molecule has 3 N–H and O–H groups in total. The Bertz CT molecular complexity index is 1390. The number of nitrogens with zero attached hydrogens (tertiary/aromatic N) is 3. The Morgan fingerprint density at radius 3 is 2.81 bits per heavy atom. The Kier molecular flexibility index (Phi) is 6.11. The van der Waals surface area contributed by atoms with Crippen molar-refractivity contribution in [3.05, 3.63) is 60.7 Å². The topological polar surface area (TPSA) is 105 Å². The predicted octanol–water partition coefficient (Wildman–Crippen LogP) is 4.20. The highest BCUT2D eigenvalue weighted by atomic mass is 16.5. The number of esters is 1. The van der Waals surface area contributed by atoms with Crippen molar-refractivity contribution in [2.45, 2.75) is 19.8 Å². The van der Waals surface area contributed by atoms with Gasteiger partial charge in [0.15, 0.2) is 0 Å². The van der Waals surface area contributed by atoms with Crippen molar-refractivity contribution in [1.29, 1.82) is 0 Å². The molecule has 1 saturated heterocycles. The molecule has 8 nitrogen and oxygen atoms in total. The number of fused-ring (bicyclic) bond motifs is 1. The lowest BCUT2D eigenvalue weighted by atomic mass is 9.75. The fraction of sp³-hybridized carbons (Fsp3) is 0.357. The smallest absolute Gasteiger partial charge is 0.308 e. The number of carbonyl (C=O) groups is 1. The van der Waals surface area contributed by atoms with Crippen molar-refractivity contribution >= 4 is 22.6 Å². The monoisotopic (exact) mass is 482 g/mol. The number of H-pyrrole nitrogens is 1. The second-order valence-electron chi connectivity index (χ2n) is 9.99. The molecule has 0 bridgehead atoms. The third-order valence-corrected chi connectivity index (χ3v) is 7.23. The Morgan fingerprint density at radius 1 is 1.11 bits per heavy atom. The van der Waals surface area contributed by atoms with Gasteiger partial charge in [-0.05, 0) is 56.0 Å². The van der Waals surface area contributed by atoms with Crippen LogP contribution < -0.4 is 10.6 Å². The van der Waals surface area contributed by atoms with Crippen LogP contribution >= 0.6 is 0 Å². The van der Waals surface area contributed by atoms with Crippen LogP contribution in [0.3, 0.4) is 0 Å². The van der Waals surface area contributed by atoms with Crippen LogP contribution in [0.25, 0.3) is 33.5 Å². The Morgan fingerprint density at radius 2 is 2.00 bits per heavy atom. The van der Waals surface area contributed by atoms with Crippen LogP contribution in [0.5, 0.6) is 0 Å². The number of rotatable bonds is 8. The molecule has 8 heteroatoms. The molecule has 4 aromatic rings. The van der Waals surface area contributed by atoms with E-state index in [1.807, 2.05) is 43.5 Å². The number of benzene rings is 1. The minimum Gasteiger partial charge on any atom is -0.465 e. The fourth-order valence-corrected chi connectivity index (χ4v) is 4.91. The maximum Gasteiger partial charge on any atom is 0.308 e. The van der Waals surface area contributed by atoms with Gasteiger partial charge in [0.25, 0.3) is 0 Å². The van der Waals surface area contributed by atoms with Gasteiger partial charge in [-0.1, -0.05) is 12.1 Å². The van der Waals surface area contributed by atoms with Crippen molar-refractivity contribution in [1.82, 2.24) is 25.3 Å². The first-order valence-corrected chi connectivity index (χ1v) is 12.6. The number of hydrogen-bond acceptors (Lipinski definition) is 7. The van der Waals surface area contributed by atoms with E-state index in [2.05, 4.69) is 42.7 Å². The molecule has 0 unspecified atom stereocenters. The quantitative estimate of drug-likeness (QED) is 0.323. The zero-order chi connectivity index (χ0) is 24.5. The van der Waals surface area contributed by atoms with Crippen molar-refractivity contribution in [2.24, 2.45) is 17.8 Å². The number of hydrogen-bond donors (Lipinski definition) is 3. The molecule has 1 saturated carbocycles. The lowest BCUT2D eigenvalue weighted by Gasteiger charge is -2.34. The molecule has 0 amide bonds. The Balaban J connectivity index is 1.10. The fourth-order valence-electron chi connectivity index (χ4n) is 4.91. The van der Waals surface area contributed by atoms with E-state index in [0.29, 0.717) is 18.4 Å². The van der Waals surface area contributed by atoms with E-state index in [-0.39, 0.29) is 11.9 Å². The maximum absolute atomic E-state index is 12.2. The maximum atomic E-state index is 12.2. The summed E-state index contributed by atoms with van der Waals surface area (Å²) < 4.78 is 5.47. The molecule has 36 heavy (non-hydrogen) atoms. The normalized spacial score (nSPS) is 19.5. The average molecular weight is 483 g/mol. The first-order chi connectivity index (χ1) is 17.6. The van der Waals surface area contributed by atoms with Crippen LogP contribution in [0.15, 0.2) is 55.0 Å². The van der Waals surface area contributed by atoms with Crippen LogP contribution in [0, 0.1) is 24.7 Å². The summed E-state index contributed by atoms with van der Waals surface area (Å²) in [6.07, 6.45) is 5.35. The summed E-state index contributed by atoms with van der Waals surface area (Å²) in [4.78, 5) is 29.3. The van der Waals surface area contributed by atoms with Gasteiger partial charge in [0.05, 0.1) is 53.3 Å². The number of anilines is 1. The molecule has 0 spiro atoms. The Hall–Kier alpha value is -3.78. The molecule has 0 atom stereocenters. The van der Waals surface area contributed by atoms with Gasteiger partial charge in [-0.3, -0.25) is 14.8 Å². The zero-order valence-electron chi connectivity index (χ0n) is 20.3. The molecule has 184 valence electrons. The highest BCUT2D eigenvalue weighted by Crippen LogP contribution is 2.35. The van der Waals surface area contributed by atoms with Gasteiger partial charge in [-0.15, -0.1) is 0 Å². The summed E-state index contributed by atoms with van der Waals surface area (Å²) in [5, 5.41) is 7.76. The van der Waals surface area contributed by atoms with Gasteiger partial charge in [-0.25, -0.2) is 4.98 Å². The predicted molar refractivity (Wildman–Crippen MR) is 139 cm³/mol. The van der Waals surface area contributed by atoms with Gasteiger partial charge in [-0.2, -0.15) is 0 Å². The third-order valence-electron chi connectivity index (χ3n) is 7.23. The van der Waals surface area contributed by atoms with Crippen LogP contribution in [-0.4, -0.2) is 52.1 Å². The molecule has 3 aromatic heterocycles. The van der Waals surface area contributed by atoms with E-state index in [4.69, 9.17) is 4.74 Å². The molecule has 1 aliphatic heterocycles. The number of pyridine rings is 2. The molecule has 4 heterocycles. The summed E-state index contributed by atoms with van der Waals surface area (Å²) in [5.74, 6) is 0.985. The molecule has 6 rings (SSSR count). The first-order valence-electron chi connectivity index (χ1n) is 12.6. The molecular formula is C28H30N6O2. The third kappa shape index (κ3) is 4.68. The molecule has 2 aliphatic rings. The van der Waals surface area contributed by atoms with E-state index < -0.39 is 0 Å². The van der Waals surface area contributed by atoms with Gasteiger partial charge in [0, 0.05) is 42.2 Å². The number of carbonyl (C=O) groups excluding carboxylic acids is 1. The molecular weight excluding hydrogens is 452 g/mol. The van der Waals surface area contributed by atoms with E-state index in [0.717, 1.165) is 77.4 Å². The van der Waals surface area contributed by atoms with Crippen LogP contribution in [-0.2, 0) is 9.53 Å². The summed E-state index contributed by atoms with van der Waals surface area (Å²) in [5.41, 5.74) is 6.54. The minimum atomic E-state index is -0.0309. The van der Waals surface area contributed by atoms with E-state index in [1.165, 1.54) is 0 Å². The Labute approximate surface area is 209 Å². The largest absolute Gasteiger partial charge is 0.465 e. The van der Waals surface area contributed by atoms with E-state index in [1.54, 1.807) is 6.33 Å². The summed E-state index contributed by atoms with van der Waals surface area (Å²) in [6.45, 7) is 5.28. The summed E-state index contributed by atoms with van der Waals surface area (Å²) in [6, 6.07) is 14.3. The average Bonchev–Trinajstić information content (AvgIpc) is 3.32. The van der Waals surface area contributed by atoms with Crippen LogP contribution in [0.4, 0.5) is 5.69 Å². The standard InChI is InChI=1S/C28H30N6O2/c1-17-3-2-4-25(34-17)27-26(32-16-33-27)20-5-6-24-21(9-20)10-23(14-31-24)30-13-18-7-22(8-18)28(35)36-15-19-11-29-12-19/h2-6,9-10,14,16,18-19,22,29-30H,7-8,11-13,15H2,1H3,(H,32,33)/t18-,22+. The molecule has 2 fully saturated rings. The van der Waals surface area contributed by atoms with Crippen molar-refractivity contribution in [2.75, 3.05) is 31.6 Å². The second-order valence-corrected chi connectivity index (χ2v) is 9.99. The van der Waals surface area contributed by atoms with Crippen LogP contribution in [0.1, 0.15) is 18.5 Å². The van der Waals surface area contributed by atoms with Crippen LogP contribution in [0.2, 0.25) is 0 Å². The lowest BCUT2D eigenvalue weighted by Crippen LogP contribution is -2.45. The second kappa shape index (κ2) is 9.70. The zero-order valence-corrected chi connectivity index (χ0v) is 20.3. The van der Waals surface area contributed by atoms with E-state index >= 15 is 0 Å². The number of aromatic nitrogens is 4. The summed E-state index contributed by atoms with van der Waals surface area (Å²) in [7, 11) is 0. The van der Waals surface area contributed by atoms with E-state index in [9.17, 15) is 4.79 Å². The number of aryl methyl sites for hydroxylation is 1. The number of ether oxygens (including phenoxy) is 1. The number of imidazole rings is 1. The SMILES string of the molecule is Cc1cccc(-c2[nH]cnc2-c2ccc3ncc(NC[C@H]4C[C@@H](C(=O)OCC5CNC5)C4)cc3c2)n1. The van der Waals surface area contributed by atoms with Crippen molar-refractivity contribution < 1.29 is 9.53 Å². The molecule has 0 radical (unpaired) electrons. The van der Waals surface area contributed by atoms with Crippen molar-refractivity contribution in [3.8, 4) is 22.6 Å². The van der Waals surface area contributed by atoms with Gasteiger partial charge >= 0.3 is 5.97 Å². The van der Waals surface area contributed by atoms with Gasteiger partial charge in [0.2, 0.25) is 0 Å². The van der Waals surface area contributed by atoms with Gasteiger partial charge in [0.1, 0.15) is 0 Å². The molecule has 1 aliphatic carbocycles. The number of aromatic amines is 1. The molecule has 1 aromatic carbocycles. The number of nitrogens with one attached hydrogen (secondary N) is 3.